The number of amides is 1. The molecule has 1 N–H and O–H groups in total. The van der Waals surface area contributed by atoms with Crippen LogP contribution in [0.1, 0.15) is 34.5 Å². The maximum absolute atomic E-state index is 13.0. The van der Waals surface area contributed by atoms with E-state index in [0.29, 0.717) is 43.2 Å². The van der Waals surface area contributed by atoms with Crippen LogP contribution in [0.4, 0.5) is 0 Å². The molecule has 3 rings (SSSR count). The van der Waals surface area contributed by atoms with Crippen molar-refractivity contribution < 1.29 is 22.7 Å². The molecule has 0 radical (unpaired) electrons. The summed E-state index contributed by atoms with van der Waals surface area (Å²) >= 11 is 0. The lowest BCUT2D eigenvalue weighted by molar-refractivity contribution is 0.0730. The molecule has 2 aromatic carbocycles. The lowest BCUT2D eigenvalue weighted by atomic mass is 10.1. The van der Waals surface area contributed by atoms with Gasteiger partial charge >= 0.3 is 0 Å². The summed E-state index contributed by atoms with van der Waals surface area (Å²) in [7, 11) is -2.11. The van der Waals surface area contributed by atoms with Crippen LogP contribution < -0.4 is 10.1 Å². The first-order chi connectivity index (χ1) is 13.8. The van der Waals surface area contributed by atoms with Gasteiger partial charge in [0.15, 0.2) is 0 Å². The monoisotopic (exact) mass is 418 g/mol. The van der Waals surface area contributed by atoms with Crippen molar-refractivity contribution in [3.8, 4) is 5.75 Å². The highest BCUT2D eigenvalue weighted by Gasteiger charge is 2.28. The zero-order valence-electron chi connectivity index (χ0n) is 16.8. The number of carbonyl (C=O) groups is 1. The first kappa shape index (κ1) is 21.3. The van der Waals surface area contributed by atoms with Gasteiger partial charge in [0.05, 0.1) is 31.3 Å². The van der Waals surface area contributed by atoms with Gasteiger partial charge in [-0.1, -0.05) is 24.3 Å². The Hall–Kier alpha value is -2.42. The molecule has 1 saturated heterocycles. The molecule has 0 aromatic heterocycles. The van der Waals surface area contributed by atoms with Crippen molar-refractivity contribution in [3.05, 3.63) is 59.2 Å². The third kappa shape index (κ3) is 4.60. The zero-order valence-corrected chi connectivity index (χ0v) is 17.7. The summed E-state index contributed by atoms with van der Waals surface area (Å²) in [5, 5.41) is 2.92. The number of para-hydroxylation sites is 1. The molecule has 0 spiro atoms. The molecular weight excluding hydrogens is 392 g/mol. The lowest BCUT2D eigenvalue weighted by Gasteiger charge is -2.27. The van der Waals surface area contributed by atoms with Crippen LogP contribution in [0.5, 0.6) is 5.75 Å². The summed E-state index contributed by atoms with van der Waals surface area (Å²) in [5.41, 5.74) is 1.74. The number of benzene rings is 2. The van der Waals surface area contributed by atoms with E-state index in [9.17, 15) is 13.2 Å². The van der Waals surface area contributed by atoms with Crippen molar-refractivity contribution >= 4 is 15.9 Å². The predicted molar refractivity (Wildman–Crippen MR) is 110 cm³/mol. The Morgan fingerprint density at radius 2 is 1.86 bits per heavy atom. The second-order valence-electron chi connectivity index (χ2n) is 6.93. The van der Waals surface area contributed by atoms with E-state index < -0.39 is 10.0 Å². The third-order valence-corrected chi connectivity index (χ3v) is 7.03. The lowest BCUT2D eigenvalue weighted by Crippen LogP contribution is -2.41. The van der Waals surface area contributed by atoms with Crippen molar-refractivity contribution in [1.82, 2.24) is 9.62 Å². The number of sulfonamides is 1. The maximum Gasteiger partial charge on any atom is 0.251 e. The molecule has 1 aliphatic rings. The standard InChI is InChI=1S/C21H26N2O5S/c1-15-8-9-17(14-20(15)29(25,26)23-10-12-28-13-11-23)21(24)22-16(2)18-6-4-5-7-19(18)27-3/h4-9,14,16H,10-13H2,1-3H3,(H,22,24). The molecule has 8 heteroatoms. The fraction of sp³-hybridized carbons (Fsp3) is 0.381. The number of aryl methyl sites for hydroxylation is 1. The average Bonchev–Trinajstić information content (AvgIpc) is 2.74. The first-order valence-electron chi connectivity index (χ1n) is 9.47. The van der Waals surface area contributed by atoms with Crippen molar-refractivity contribution in [2.45, 2.75) is 24.8 Å². The second-order valence-corrected chi connectivity index (χ2v) is 8.84. The molecule has 1 fully saturated rings. The molecule has 0 aliphatic carbocycles. The van der Waals surface area contributed by atoms with Crippen molar-refractivity contribution in [2.24, 2.45) is 0 Å². The van der Waals surface area contributed by atoms with Crippen LogP contribution in [0, 0.1) is 6.92 Å². The van der Waals surface area contributed by atoms with E-state index in [-0.39, 0.29) is 16.8 Å². The van der Waals surface area contributed by atoms with Gasteiger partial charge in [-0.25, -0.2) is 8.42 Å². The minimum Gasteiger partial charge on any atom is -0.496 e. The molecule has 1 atom stereocenters. The fourth-order valence-corrected chi connectivity index (χ4v) is 4.99. The molecule has 7 nitrogen and oxygen atoms in total. The van der Waals surface area contributed by atoms with E-state index in [1.807, 2.05) is 31.2 Å². The van der Waals surface area contributed by atoms with Gasteiger partial charge in [-0.15, -0.1) is 0 Å². The number of hydrogen-bond acceptors (Lipinski definition) is 5. The van der Waals surface area contributed by atoms with Crippen molar-refractivity contribution in [3.63, 3.8) is 0 Å². The van der Waals surface area contributed by atoms with E-state index in [1.54, 1.807) is 26.2 Å². The summed E-state index contributed by atoms with van der Waals surface area (Å²) in [6.45, 7) is 4.94. The van der Waals surface area contributed by atoms with Gasteiger partial charge in [0.1, 0.15) is 5.75 Å². The van der Waals surface area contributed by atoms with E-state index in [1.165, 1.54) is 10.4 Å². The number of methoxy groups -OCH3 is 1. The fourth-order valence-electron chi connectivity index (χ4n) is 3.33. The second kappa shape index (κ2) is 8.94. The van der Waals surface area contributed by atoms with Gasteiger partial charge in [0, 0.05) is 24.2 Å². The van der Waals surface area contributed by atoms with Crippen LogP contribution in [0.2, 0.25) is 0 Å². The minimum absolute atomic E-state index is 0.150. The molecule has 156 valence electrons. The smallest absolute Gasteiger partial charge is 0.251 e. The Kier molecular flexibility index (Phi) is 6.56. The largest absolute Gasteiger partial charge is 0.496 e. The highest BCUT2D eigenvalue weighted by Crippen LogP contribution is 2.26. The van der Waals surface area contributed by atoms with E-state index in [4.69, 9.17) is 9.47 Å². The number of hydrogen-bond donors (Lipinski definition) is 1. The average molecular weight is 419 g/mol. The Labute approximate surface area is 171 Å². The molecule has 1 heterocycles. The molecule has 1 aliphatic heterocycles. The number of nitrogens with one attached hydrogen (secondary N) is 1. The summed E-state index contributed by atoms with van der Waals surface area (Å²) in [6, 6.07) is 11.9. The number of carbonyl (C=O) groups excluding carboxylic acids is 1. The minimum atomic E-state index is -3.69. The molecule has 1 amide bonds. The van der Waals surface area contributed by atoms with Gasteiger partial charge < -0.3 is 14.8 Å². The van der Waals surface area contributed by atoms with Crippen LogP contribution in [0.25, 0.3) is 0 Å². The van der Waals surface area contributed by atoms with Crippen molar-refractivity contribution in [1.29, 1.82) is 0 Å². The number of ether oxygens (including phenoxy) is 2. The maximum atomic E-state index is 13.0. The van der Waals surface area contributed by atoms with Crippen LogP contribution in [0.15, 0.2) is 47.4 Å². The molecule has 0 saturated carbocycles. The summed E-state index contributed by atoms with van der Waals surface area (Å²) in [5.74, 6) is 0.335. The third-order valence-electron chi connectivity index (χ3n) is 4.99. The van der Waals surface area contributed by atoms with E-state index >= 15 is 0 Å². The van der Waals surface area contributed by atoms with Crippen LogP contribution >= 0.6 is 0 Å². The van der Waals surface area contributed by atoms with Crippen LogP contribution in [0.3, 0.4) is 0 Å². The molecular formula is C21H26N2O5S. The Balaban J connectivity index is 1.84. The van der Waals surface area contributed by atoms with E-state index in [0.717, 1.165) is 5.56 Å². The SMILES string of the molecule is COc1ccccc1C(C)NC(=O)c1ccc(C)c(S(=O)(=O)N2CCOCC2)c1. The number of rotatable bonds is 6. The van der Waals surface area contributed by atoms with Gasteiger partial charge in [-0.05, 0) is 37.6 Å². The highest BCUT2D eigenvalue weighted by atomic mass is 32.2. The quantitative estimate of drug-likeness (QED) is 0.779. The molecule has 1 unspecified atom stereocenters. The molecule has 29 heavy (non-hydrogen) atoms. The zero-order chi connectivity index (χ0) is 21.0. The normalized spacial score (nSPS) is 16.2. The van der Waals surface area contributed by atoms with Gasteiger partial charge in [0.2, 0.25) is 10.0 Å². The first-order valence-corrected chi connectivity index (χ1v) is 10.9. The summed E-state index contributed by atoms with van der Waals surface area (Å²) in [4.78, 5) is 13.0. The number of nitrogens with zero attached hydrogens (tertiary/aromatic N) is 1. The highest BCUT2D eigenvalue weighted by molar-refractivity contribution is 7.89. The predicted octanol–water partition coefficient (Wildman–Crippen LogP) is 2.52. The van der Waals surface area contributed by atoms with Gasteiger partial charge in [-0.2, -0.15) is 4.31 Å². The van der Waals surface area contributed by atoms with Gasteiger partial charge in [-0.3, -0.25) is 4.79 Å². The number of morpholine rings is 1. The van der Waals surface area contributed by atoms with Crippen LogP contribution in [-0.4, -0.2) is 52.0 Å². The van der Waals surface area contributed by atoms with E-state index in [2.05, 4.69) is 5.32 Å². The molecule has 0 bridgehead atoms. The molecule has 2 aromatic rings. The Bertz CT molecular complexity index is 984. The Morgan fingerprint density at radius 3 is 2.55 bits per heavy atom. The van der Waals surface area contributed by atoms with Crippen molar-refractivity contribution in [2.75, 3.05) is 33.4 Å². The topological polar surface area (TPSA) is 84.9 Å². The summed E-state index contributed by atoms with van der Waals surface area (Å²) in [6.07, 6.45) is 0. The Morgan fingerprint density at radius 1 is 1.17 bits per heavy atom. The van der Waals surface area contributed by atoms with Crippen LogP contribution in [-0.2, 0) is 14.8 Å². The van der Waals surface area contributed by atoms with Gasteiger partial charge in [0.25, 0.3) is 5.91 Å². The summed E-state index contributed by atoms with van der Waals surface area (Å²) < 4.78 is 38.1.